The third-order valence-electron chi connectivity index (χ3n) is 3.87. The van der Waals surface area contributed by atoms with Crippen molar-refractivity contribution in [2.24, 2.45) is 5.73 Å². The monoisotopic (exact) mass is 240 g/mol. The van der Waals surface area contributed by atoms with Crippen molar-refractivity contribution in [1.29, 1.82) is 0 Å². The number of hydrogen-bond acceptors (Lipinski definition) is 3. The highest BCUT2D eigenvalue weighted by Gasteiger charge is 2.23. The third kappa shape index (κ3) is 3.33. The first-order chi connectivity index (χ1) is 8.31. The molecule has 98 valence electrons. The lowest BCUT2D eigenvalue weighted by molar-refractivity contribution is 0.174. The molecular formula is C12H24N4O. The van der Waals surface area contributed by atoms with Crippen molar-refractivity contribution in [3.63, 3.8) is 0 Å². The second-order valence-corrected chi connectivity index (χ2v) is 4.99. The standard InChI is InChI=1S/C12H24N4O/c13-10-11-4-2-1-3-6-15(11)8-9-16-7-5-14-12(16)17/h11H,1-10,13H2,(H,14,17). The molecule has 0 aromatic carbocycles. The average Bonchev–Trinajstić information content (AvgIpc) is 2.63. The minimum Gasteiger partial charge on any atom is -0.336 e. The van der Waals surface area contributed by atoms with Gasteiger partial charge in [0.25, 0.3) is 0 Å². The summed E-state index contributed by atoms with van der Waals surface area (Å²) in [7, 11) is 0. The van der Waals surface area contributed by atoms with E-state index < -0.39 is 0 Å². The molecule has 0 radical (unpaired) electrons. The van der Waals surface area contributed by atoms with Crippen molar-refractivity contribution < 1.29 is 4.79 Å². The Hall–Kier alpha value is -0.810. The molecule has 0 spiro atoms. The van der Waals surface area contributed by atoms with Gasteiger partial charge in [0.1, 0.15) is 0 Å². The molecule has 5 nitrogen and oxygen atoms in total. The molecule has 3 N–H and O–H groups in total. The Balaban J connectivity index is 1.80. The van der Waals surface area contributed by atoms with Crippen LogP contribution in [0.4, 0.5) is 4.79 Å². The van der Waals surface area contributed by atoms with E-state index in [0.717, 1.165) is 39.3 Å². The second-order valence-electron chi connectivity index (χ2n) is 4.99. The molecule has 2 rings (SSSR count). The van der Waals surface area contributed by atoms with Gasteiger partial charge in [0.2, 0.25) is 0 Å². The summed E-state index contributed by atoms with van der Waals surface area (Å²) in [6, 6.07) is 0.604. The van der Waals surface area contributed by atoms with Gasteiger partial charge in [-0.05, 0) is 19.4 Å². The molecule has 5 heteroatoms. The summed E-state index contributed by atoms with van der Waals surface area (Å²) < 4.78 is 0. The lowest BCUT2D eigenvalue weighted by Crippen LogP contribution is -2.44. The predicted octanol–water partition coefficient (Wildman–Crippen LogP) is 0.215. The Morgan fingerprint density at radius 1 is 1.24 bits per heavy atom. The molecule has 2 aliphatic rings. The molecule has 0 aliphatic carbocycles. The highest BCUT2D eigenvalue weighted by Crippen LogP contribution is 2.15. The summed E-state index contributed by atoms with van der Waals surface area (Å²) in [6.07, 6.45) is 5.09. The Morgan fingerprint density at radius 3 is 2.82 bits per heavy atom. The number of nitrogens with zero attached hydrogens (tertiary/aromatic N) is 2. The highest BCUT2D eigenvalue weighted by molar-refractivity contribution is 5.76. The summed E-state index contributed by atoms with van der Waals surface area (Å²) in [6.45, 7) is 5.32. The number of likely N-dealkylation sites (tertiary alicyclic amines) is 1. The van der Waals surface area contributed by atoms with Crippen LogP contribution in [0.15, 0.2) is 0 Å². The smallest absolute Gasteiger partial charge is 0.317 e. The van der Waals surface area contributed by atoms with Crippen molar-refractivity contribution >= 4 is 6.03 Å². The molecule has 2 aliphatic heterocycles. The van der Waals surface area contributed by atoms with Gasteiger partial charge in [0.05, 0.1) is 0 Å². The van der Waals surface area contributed by atoms with E-state index >= 15 is 0 Å². The fraction of sp³-hybridized carbons (Fsp3) is 0.917. The normalized spacial score (nSPS) is 27.0. The van der Waals surface area contributed by atoms with E-state index in [1.165, 1.54) is 25.7 Å². The first-order valence-corrected chi connectivity index (χ1v) is 6.78. The molecule has 2 fully saturated rings. The lowest BCUT2D eigenvalue weighted by Gasteiger charge is -2.30. The number of carbonyl (C=O) groups excluding carboxylic acids is 1. The molecule has 0 bridgehead atoms. The van der Waals surface area contributed by atoms with Gasteiger partial charge in [-0.15, -0.1) is 0 Å². The maximum absolute atomic E-state index is 11.4. The first-order valence-electron chi connectivity index (χ1n) is 6.78. The minimum atomic E-state index is 0.0871. The van der Waals surface area contributed by atoms with Crippen LogP contribution in [-0.4, -0.2) is 61.1 Å². The number of nitrogens with one attached hydrogen (secondary N) is 1. The van der Waals surface area contributed by atoms with E-state index in [-0.39, 0.29) is 6.03 Å². The Bertz CT molecular complexity index is 259. The van der Waals surface area contributed by atoms with Crippen molar-refractivity contribution in [1.82, 2.24) is 15.1 Å². The summed E-state index contributed by atoms with van der Waals surface area (Å²) in [5.41, 5.74) is 5.84. The molecule has 2 heterocycles. The van der Waals surface area contributed by atoms with Crippen LogP contribution in [0.1, 0.15) is 25.7 Å². The summed E-state index contributed by atoms with van der Waals surface area (Å²) in [5, 5.41) is 2.84. The van der Waals surface area contributed by atoms with Gasteiger partial charge in [-0.2, -0.15) is 0 Å². The van der Waals surface area contributed by atoms with Crippen molar-refractivity contribution in [3.8, 4) is 0 Å². The van der Waals surface area contributed by atoms with Gasteiger partial charge < -0.3 is 16.0 Å². The van der Waals surface area contributed by atoms with E-state index in [1.54, 1.807) is 0 Å². The molecule has 0 aromatic rings. The Labute approximate surface area is 103 Å². The molecule has 0 aromatic heterocycles. The highest BCUT2D eigenvalue weighted by atomic mass is 16.2. The predicted molar refractivity (Wildman–Crippen MR) is 67.9 cm³/mol. The molecule has 17 heavy (non-hydrogen) atoms. The zero-order valence-corrected chi connectivity index (χ0v) is 10.5. The zero-order valence-electron chi connectivity index (χ0n) is 10.5. The third-order valence-corrected chi connectivity index (χ3v) is 3.87. The summed E-state index contributed by atoms with van der Waals surface area (Å²) >= 11 is 0. The van der Waals surface area contributed by atoms with Crippen LogP contribution in [0.2, 0.25) is 0 Å². The van der Waals surface area contributed by atoms with E-state index in [0.29, 0.717) is 6.04 Å². The number of amides is 2. The molecule has 0 saturated carbocycles. The maximum atomic E-state index is 11.4. The van der Waals surface area contributed by atoms with Crippen molar-refractivity contribution in [2.45, 2.75) is 31.7 Å². The van der Waals surface area contributed by atoms with Crippen LogP contribution in [0.3, 0.4) is 0 Å². The Kier molecular flexibility index (Phi) is 4.62. The molecule has 2 saturated heterocycles. The quantitative estimate of drug-likeness (QED) is 0.739. The van der Waals surface area contributed by atoms with Crippen LogP contribution in [0, 0.1) is 0 Å². The molecule has 1 unspecified atom stereocenters. The number of nitrogens with two attached hydrogens (primary N) is 1. The Morgan fingerprint density at radius 2 is 2.12 bits per heavy atom. The summed E-state index contributed by atoms with van der Waals surface area (Å²) in [5.74, 6) is 0. The fourth-order valence-corrected chi connectivity index (χ4v) is 2.77. The largest absolute Gasteiger partial charge is 0.336 e. The van der Waals surface area contributed by atoms with Gasteiger partial charge >= 0.3 is 6.03 Å². The van der Waals surface area contributed by atoms with Crippen LogP contribution in [-0.2, 0) is 0 Å². The van der Waals surface area contributed by atoms with E-state index in [1.807, 2.05) is 4.90 Å². The van der Waals surface area contributed by atoms with Crippen LogP contribution >= 0.6 is 0 Å². The number of urea groups is 1. The number of rotatable bonds is 4. The van der Waals surface area contributed by atoms with E-state index in [2.05, 4.69) is 10.2 Å². The zero-order chi connectivity index (χ0) is 12.1. The van der Waals surface area contributed by atoms with Crippen molar-refractivity contribution in [2.75, 3.05) is 39.3 Å². The maximum Gasteiger partial charge on any atom is 0.317 e. The van der Waals surface area contributed by atoms with E-state index in [4.69, 9.17) is 5.73 Å². The van der Waals surface area contributed by atoms with Gasteiger partial charge in [-0.3, -0.25) is 4.90 Å². The molecular weight excluding hydrogens is 216 g/mol. The van der Waals surface area contributed by atoms with Gasteiger partial charge in [-0.1, -0.05) is 12.8 Å². The SMILES string of the molecule is NCC1CCCCCN1CCN1CCNC1=O. The summed E-state index contributed by atoms with van der Waals surface area (Å²) in [4.78, 5) is 15.8. The minimum absolute atomic E-state index is 0.0871. The van der Waals surface area contributed by atoms with Gasteiger partial charge in [-0.25, -0.2) is 4.79 Å². The number of carbonyl (C=O) groups is 1. The van der Waals surface area contributed by atoms with Crippen LogP contribution in [0.5, 0.6) is 0 Å². The van der Waals surface area contributed by atoms with Crippen molar-refractivity contribution in [3.05, 3.63) is 0 Å². The average molecular weight is 240 g/mol. The second kappa shape index (κ2) is 6.21. The van der Waals surface area contributed by atoms with Crippen LogP contribution < -0.4 is 11.1 Å². The van der Waals surface area contributed by atoms with E-state index in [9.17, 15) is 4.79 Å². The number of hydrogen-bond donors (Lipinski definition) is 2. The van der Waals surface area contributed by atoms with Gasteiger partial charge in [0.15, 0.2) is 0 Å². The lowest BCUT2D eigenvalue weighted by atomic mass is 10.1. The van der Waals surface area contributed by atoms with Gasteiger partial charge in [0, 0.05) is 38.8 Å². The first kappa shape index (κ1) is 12.6. The fourth-order valence-electron chi connectivity index (χ4n) is 2.77. The van der Waals surface area contributed by atoms with Crippen LogP contribution in [0.25, 0.3) is 0 Å². The molecule has 1 atom stereocenters. The topological polar surface area (TPSA) is 61.6 Å². The molecule has 2 amide bonds.